The van der Waals surface area contributed by atoms with Crippen LogP contribution in [0.25, 0.3) is 0 Å². The number of halogens is 2. The molecule has 0 fully saturated rings. The summed E-state index contributed by atoms with van der Waals surface area (Å²) in [5.41, 5.74) is 0. The molecule has 1 aromatic rings. The second-order valence-electron chi connectivity index (χ2n) is 1.84. The van der Waals surface area contributed by atoms with Gasteiger partial charge in [-0.1, -0.05) is 0 Å². The maximum atomic E-state index is 5.50. The number of rotatable bonds is 3. The number of hydrogen-bond acceptors (Lipinski definition) is 3. The third-order valence-electron chi connectivity index (χ3n) is 1.05. The van der Waals surface area contributed by atoms with Crippen molar-refractivity contribution in [1.29, 1.82) is 0 Å². The molecule has 0 aromatic carbocycles. The molecule has 1 rings (SSSR count). The first-order chi connectivity index (χ1) is 5.34. The fraction of sp³-hybridized carbons (Fsp3) is 0.333. The van der Waals surface area contributed by atoms with Crippen molar-refractivity contribution in [3.63, 3.8) is 0 Å². The van der Waals surface area contributed by atoms with Gasteiger partial charge in [-0.25, -0.2) is 9.97 Å². The van der Waals surface area contributed by atoms with Crippen LogP contribution in [-0.2, 0) is 0 Å². The summed E-state index contributed by atoms with van der Waals surface area (Å²) in [5, 5.41) is 3.07. The van der Waals surface area contributed by atoms with Crippen molar-refractivity contribution in [3.8, 4) is 0 Å². The van der Waals surface area contributed by atoms with Crippen LogP contribution >= 0.6 is 34.2 Å². The zero-order valence-corrected chi connectivity index (χ0v) is 8.63. The number of anilines is 1. The molecule has 0 saturated carbocycles. The van der Waals surface area contributed by atoms with Crippen LogP contribution in [0.5, 0.6) is 0 Å². The fourth-order valence-corrected chi connectivity index (χ4v) is 1.19. The van der Waals surface area contributed by atoms with Crippen molar-refractivity contribution in [2.75, 3.05) is 17.7 Å². The number of hydrogen-bond donors (Lipinski definition) is 1. The van der Waals surface area contributed by atoms with E-state index in [0.717, 1.165) is 15.9 Å². The molecule has 0 aliphatic heterocycles. The Bertz CT molecular complexity index is 231. The third-order valence-corrected chi connectivity index (χ3v) is 2.03. The monoisotopic (exact) mass is 283 g/mol. The first kappa shape index (κ1) is 8.99. The molecule has 0 aliphatic carbocycles. The largest absolute Gasteiger partial charge is 0.368 e. The topological polar surface area (TPSA) is 37.8 Å². The predicted molar refractivity (Wildman–Crippen MR) is 54.0 cm³/mol. The van der Waals surface area contributed by atoms with Crippen LogP contribution in [0, 0.1) is 3.57 Å². The van der Waals surface area contributed by atoms with Crippen molar-refractivity contribution in [2.45, 2.75) is 0 Å². The summed E-state index contributed by atoms with van der Waals surface area (Å²) >= 11 is 7.66. The van der Waals surface area contributed by atoms with Gasteiger partial charge in [-0.3, -0.25) is 0 Å². The highest BCUT2D eigenvalue weighted by Gasteiger charge is 1.97. The summed E-state index contributed by atoms with van der Waals surface area (Å²) < 4.78 is 1.01. The minimum atomic E-state index is 0.583. The van der Waals surface area contributed by atoms with Crippen molar-refractivity contribution < 1.29 is 0 Å². The van der Waals surface area contributed by atoms with Crippen LogP contribution in [0.1, 0.15) is 0 Å². The summed E-state index contributed by atoms with van der Waals surface area (Å²) in [4.78, 5) is 7.89. The molecule has 0 aliphatic rings. The molecule has 5 heteroatoms. The lowest BCUT2D eigenvalue weighted by atomic mass is 10.5. The van der Waals surface area contributed by atoms with Gasteiger partial charge in [0.2, 0.25) is 0 Å². The normalized spacial score (nSPS) is 9.64. The van der Waals surface area contributed by atoms with Crippen LogP contribution in [0.2, 0.25) is 0 Å². The Morgan fingerprint density at radius 1 is 1.64 bits per heavy atom. The standard InChI is InChI=1S/C6H7ClIN3/c7-1-2-10-6-5(8)3-9-4-11-6/h3-4H,1-2H2,(H,9,10,11). The van der Waals surface area contributed by atoms with Gasteiger partial charge in [0.1, 0.15) is 12.1 Å². The van der Waals surface area contributed by atoms with E-state index >= 15 is 0 Å². The average molecular weight is 284 g/mol. The van der Waals surface area contributed by atoms with Gasteiger partial charge in [-0.2, -0.15) is 0 Å². The van der Waals surface area contributed by atoms with E-state index in [-0.39, 0.29) is 0 Å². The Balaban J connectivity index is 2.62. The summed E-state index contributed by atoms with van der Waals surface area (Å²) in [7, 11) is 0. The van der Waals surface area contributed by atoms with Gasteiger partial charge in [-0.15, -0.1) is 11.6 Å². The lowest BCUT2D eigenvalue weighted by molar-refractivity contribution is 1.10. The predicted octanol–water partition coefficient (Wildman–Crippen LogP) is 1.73. The molecule has 60 valence electrons. The van der Waals surface area contributed by atoms with Gasteiger partial charge in [0, 0.05) is 18.6 Å². The molecule has 3 nitrogen and oxygen atoms in total. The molecule has 1 N–H and O–H groups in total. The summed E-state index contributed by atoms with van der Waals surface area (Å²) in [6, 6.07) is 0. The van der Waals surface area contributed by atoms with Gasteiger partial charge in [-0.05, 0) is 22.6 Å². The van der Waals surface area contributed by atoms with E-state index < -0.39 is 0 Å². The van der Waals surface area contributed by atoms with E-state index in [1.165, 1.54) is 6.33 Å². The Labute approximate surface area is 83.7 Å². The van der Waals surface area contributed by atoms with E-state index in [0.29, 0.717) is 5.88 Å². The lowest BCUT2D eigenvalue weighted by Crippen LogP contribution is -2.05. The quantitative estimate of drug-likeness (QED) is 0.678. The van der Waals surface area contributed by atoms with Crippen molar-refractivity contribution in [2.24, 2.45) is 0 Å². The molecule has 0 saturated heterocycles. The van der Waals surface area contributed by atoms with Gasteiger partial charge in [0.05, 0.1) is 3.57 Å². The number of alkyl halides is 1. The van der Waals surface area contributed by atoms with Crippen LogP contribution in [0.15, 0.2) is 12.5 Å². The van der Waals surface area contributed by atoms with Crippen molar-refractivity contribution >= 4 is 40.0 Å². The van der Waals surface area contributed by atoms with E-state index in [2.05, 4.69) is 37.9 Å². The lowest BCUT2D eigenvalue weighted by Gasteiger charge is -2.02. The van der Waals surface area contributed by atoms with Crippen molar-refractivity contribution in [1.82, 2.24) is 9.97 Å². The highest BCUT2D eigenvalue weighted by Crippen LogP contribution is 2.11. The Kier molecular flexibility index (Phi) is 3.85. The zero-order chi connectivity index (χ0) is 8.10. The Morgan fingerprint density at radius 3 is 3.09 bits per heavy atom. The van der Waals surface area contributed by atoms with E-state index in [9.17, 15) is 0 Å². The molecule has 1 aromatic heterocycles. The minimum Gasteiger partial charge on any atom is -0.368 e. The van der Waals surface area contributed by atoms with Gasteiger partial charge in [0.15, 0.2) is 0 Å². The second kappa shape index (κ2) is 4.71. The molecule has 11 heavy (non-hydrogen) atoms. The zero-order valence-electron chi connectivity index (χ0n) is 5.72. The highest BCUT2D eigenvalue weighted by atomic mass is 127. The Hall–Kier alpha value is -0.100. The van der Waals surface area contributed by atoms with Crippen LogP contribution < -0.4 is 5.32 Å². The van der Waals surface area contributed by atoms with E-state index in [1.54, 1.807) is 6.20 Å². The van der Waals surface area contributed by atoms with Crippen LogP contribution in [0.3, 0.4) is 0 Å². The summed E-state index contributed by atoms with van der Waals surface area (Å²) in [6.07, 6.45) is 3.27. The summed E-state index contributed by atoms with van der Waals surface area (Å²) in [6.45, 7) is 0.731. The van der Waals surface area contributed by atoms with E-state index in [1.807, 2.05) is 0 Å². The molecular weight excluding hydrogens is 276 g/mol. The van der Waals surface area contributed by atoms with Gasteiger partial charge < -0.3 is 5.32 Å². The van der Waals surface area contributed by atoms with E-state index in [4.69, 9.17) is 11.6 Å². The van der Waals surface area contributed by atoms with Gasteiger partial charge in [0.25, 0.3) is 0 Å². The first-order valence-electron chi connectivity index (χ1n) is 3.10. The minimum absolute atomic E-state index is 0.583. The fourth-order valence-electron chi connectivity index (χ4n) is 0.608. The van der Waals surface area contributed by atoms with Crippen LogP contribution in [0.4, 0.5) is 5.82 Å². The maximum Gasteiger partial charge on any atom is 0.142 e. The average Bonchev–Trinajstić information content (AvgIpc) is 2.03. The van der Waals surface area contributed by atoms with Crippen LogP contribution in [-0.4, -0.2) is 22.4 Å². The molecule has 0 radical (unpaired) electrons. The molecule has 0 unspecified atom stereocenters. The SMILES string of the molecule is ClCCNc1ncncc1I. The number of aromatic nitrogens is 2. The molecule has 0 bridgehead atoms. The highest BCUT2D eigenvalue weighted by molar-refractivity contribution is 14.1. The van der Waals surface area contributed by atoms with Gasteiger partial charge >= 0.3 is 0 Å². The second-order valence-corrected chi connectivity index (χ2v) is 3.38. The molecular formula is C6H7ClIN3. The smallest absolute Gasteiger partial charge is 0.142 e. The molecule has 0 amide bonds. The summed E-state index contributed by atoms with van der Waals surface area (Å²) in [5.74, 6) is 1.43. The number of nitrogens with one attached hydrogen (secondary N) is 1. The molecule has 0 atom stereocenters. The maximum absolute atomic E-state index is 5.50. The first-order valence-corrected chi connectivity index (χ1v) is 4.71. The third kappa shape index (κ3) is 2.78. The van der Waals surface area contributed by atoms with Crippen molar-refractivity contribution in [3.05, 3.63) is 16.1 Å². The molecule has 0 spiro atoms. The molecule has 1 heterocycles. The number of nitrogens with zero attached hydrogens (tertiary/aromatic N) is 2. The Morgan fingerprint density at radius 2 is 2.45 bits per heavy atom.